The molecule has 11 heteroatoms. The number of halogens is 4. The zero-order valence-corrected chi connectivity index (χ0v) is 16.6. The van der Waals surface area contributed by atoms with Gasteiger partial charge in [0.05, 0.1) is 12.6 Å². The highest BCUT2D eigenvalue weighted by atomic mass is 79.9. The third-order valence-electron chi connectivity index (χ3n) is 4.65. The third kappa shape index (κ3) is 4.64. The first-order valence-electron chi connectivity index (χ1n) is 8.65. The molecule has 1 aromatic carbocycles. The number of hydrogen-bond acceptors (Lipinski definition) is 4. The minimum absolute atomic E-state index is 0.171. The molecule has 2 aromatic rings. The molecule has 0 unspecified atom stereocenters. The second-order valence-corrected chi connectivity index (χ2v) is 7.59. The van der Waals surface area contributed by atoms with Gasteiger partial charge in [-0.3, -0.25) is 14.3 Å². The van der Waals surface area contributed by atoms with Crippen LogP contribution in [0.25, 0.3) is 0 Å². The van der Waals surface area contributed by atoms with Gasteiger partial charge in [0.1, 0.15) is 0 Å². The Labute approximate surface area is 167 Å². The Morgan fingerprint density at radius 1 is 1.25 bits per heavy atom. The fourth-order valence-electron chi connectivity index (χ4n) is 3.20. The van der Waals surface area contributed by atoms with Crippen LogP contribution >= 0.6 is 15.9 Å². The van der Waals surface area contributed by atoms with Crippen molar-refractivity contribution in [2.75, 3.05) is 25.0 Å². The van der Waals surface area contributed by atoms with Crippen LogP contribution in [0.1, 0.15) is 24.7 Å². The SMILES string of the molecule is Cn1c(C(F)(F)F)nn(C2CCN(CC(=O)Nc3ccc(Br)cc3)CC2)c1=O. The van der Waals surface area contributed by atoms with Gasteiger partial charge >= 0.3 is 11.9 Å². The van der Waals surface area contributed by atoms with Gasteiger partial charge in [-0.25, -0.2) is 9.48 Å². The number of nitrogens with one attached hydrogen (secondary N) is 1. The Morgan fingerprint density at radius 2 is 1.86 bits per heavy atom. The average Bonchev–Trinajstić information content (AvgIpc) is 2.93. The first kappa shape index (κ1) is 20.6. The average molecular weight is 462 g/mol. The van der Waals surface area contributed by atoms with Gasteiger partial charge in [0.25, 0.3) is 0 Å². The standard InChI is InChI=1S/C17H19BrF3N5O2/c1-24-15(17(19,20)21)23-26(16(24)28)13-6-8-25(9-7-13)10-14(27)22-12-4-2-11(18)3-5-12/h2-5,13H,6-10H2,1H3,(H,22,27). The molecule has 28 heavy (non-hydrogen) atoms. The monoisotopic (exact) mass is 461 g/mol. The topological polar surface area (TPSA) is 72.2 Å². The summed E-state index contributed by atoms with van der Waals surface area (Å²) < 4.78 is 41.1. The molecule has 0 spiro atoms. The molecule has 1 fully saturated rings. The number of carbonyl (C=O) groups is 1. The lowest BCUT2D eigenvalue weighted by Crippen LogP contribution is -2.41. The van der Waals surface area contributed by atoms with Gasteiger partial charge in [0.15, 0.2) is 0 Å². The summed E-state index contributed by atoms with van der Waals surface area (Å²) in [7, 11) is 1.07. The molecule has 1 saturated heterocycles. The summed E-state index contributed by atoms with van der Waals surface area (Å²) in [5.41, 5.74) is -0.0958. The highest BCUT2D eigenvalue weighted by Gasteiger charge is 2.39. The number of likely N-dealkylation sites (tertiary alicyclic amines) is 1. The van der Waals surface area contributed by atoms with Crippen LogP contribution in [0.2, 0.25) is 0 Å². The number of benzene rings is 1. The van der Waals surface area contributed by atoms with Crippen LogP contribution < -0.4 is 11.0 Å². The third-order valence-corrected chi connectivity index (χ3v) is 5.18. The van der Waals surface area contributed by atoms with Crippen molar-refractivity contribution in [3.63, 3.8) is 0 Å². The van der Waals surface area contributed by atoms with E-state index in [9.17, 15) is 22.8 Å². The van der Waals surface area contributed by atoms with Crippen molar-refractivity contribution in [3.05, 3.63) is 45.0 Å². The van der Waals surface area contributed by atoms with E-state index in [0.717, 1.165) is 16.2 Å². The van der Waals surface area contributed by atoms with E-state index in [1.165, 1.54) is 0 Å². The lowest BCUT2D eigenvalue weighted by atomic mass is 10.1. The summed E-state index contributed by atoms with van der Waals surface area (Å²) in [5.74, 6) is -1.37. The summed E-state index contributed by atoms with van der Waals surface area (Å²) in [4.78, 5) is 26.2. The predicted molar refractivity (Wildman–Crippen MR) is 100.0 cm³/mol. The van der Waals surface area contributed by atoms with Crippen LogP contribution in [-0.2, 0) is 18.0 Å². The molecule has 2 heterocycles. The second-order valence-electron chi connectivity index (χ2n) is 6.67. The van der Waals surface area contributed by atoms with E-state index in [-0.39, 0.29) is 12.5 Å². The molecule has 1 aromatic heterocycles. The molecule has 0 radical (unpaired) electrons. The molecular weight excluding hydrogens is 443 g/mol. The summed E-state index contributed by atoms with van der Waals surface area (Å²) in [6, 6.07) is 6.78. The molecule has 0 atom stereocenters. The van der Waals surface area contributed by atoms with Crippen LogP contribution in [0.4, 0.5) is 18.9 Å². The minimum Gasteiger partial charge on any atom is -0.325 e. The van der Waals surface area contributed by atoms with Gasteiger partial charge in [0, 0.05) is 30.3 Å². The molecule has 1 aliphatic rings. The fraction of sp³-hybridized carbons (Fsp3) is 0.471. The maximum atomic E-state index is 12.9. The molecule has 1 aliphatic heterocycles. The van der Waals surface area contributed by atoms with Gasteiger partial charge in [-0.2, -0.15) is 13.2 Å². The van der Waals surface area contributed by atoms with Crippen LogP contribution in [0.15, 0.2) is 33.5 Å². The van der Waals surface area contributed by atoms with E-state index in [1.807, 2.05) is 17.0 Å². The first-order chi connectivity index (χ1) is 13.1. The van der Waals surface area contributed by atoms with Crippen LogP contribution in [0.5, 0.6) is 0 Å². The molecular formula is C17H19BrF3N5O2. The van der Waals surface area contributed by atoms with E-state index < -0.39 is 23.7 Å². The van der Waals surface area contributed by atoms with Crippen molar-refractivity contribution in [2.45, 2.75) is 25.1 Å². The van der Waals surface area contributed by atoms with Crippen molar-refractivity contribution in [1.82, 2.24) is 19.2 Å². The fourth-order valence-corrected chi connectivity index (χ4v) is 3.46. The predicted octanol–water partition coefficient (Wildman–Crippen LogP) is 2.64. The Kier molecular flexibility index (Phi) is 5.94. The molecule has 0 bridgehead atoms. The lowest BCUT2D eigenvalue weighted by molar-refractivity contribution is -0.147. The van der Waals surface area contributed by atoms with Crippen molar-refractivity contribution in [2.24, 2.45) is 7.05 Å². The number of alkyl halides is 3. The van der Waals surface area contributed by atoms with Crippen LogP contribution in [0, 0.1) is 0 Å². The number of anilines is 1. The van der Waals surface area contributed by atoms with Gasteiger partial charge < -0.3 is 5.32 Å². The largest absolute Gasteiger partial charge is 0.451 e. The van der Waals surface area contributed by atoms with Crippen molar-refractivity contribution >= 4 is 27.5 Å². The van der Waals surface area contributed by atoms with E-state index in [1.54, 1.807) is 12.1 Å². The number of hydrogen-bond donors (Lipinski definition) is 1. The highest BCUT2D eigenvalue weighted by Crippen LogP contribution is 2.28. The van der Waals surface area contributed by atoms with E-state index in [0.29, 0.717) is 36.2 Å². The number of amides is 1. The van der Waals surface area contributed by atoms with E-state index >= 15 is 0 Å². The maximum Gasteiger partial charge on any atom is 0.451 e. The van der Waals surface area contributed by atoms with Crippen molar-refractivity contribution < 1.29 is 18.0 Å². The number of nitrogens with zero attached hydrogens (tertiary/aromatic N) is 4. The Hall–Kier alpha value is -2.14. The van der Waals surface area contributed by atoms with Crippen LogP contribution in [0.3, 0.4) is 0 Å². The van der Waals surface area contributed by atoms with Gasteiger partial charge in [-0.05, 0) is 37.1 Å². The zero-order chi connectivity index (χ0) is 20.5. The number of carbonyl (C=O) groups excluding carboxylic acids is 1. The van der Waals surface area contributed by atoms with E-state index in [2.05, 4.69) is 26.3 Å². The smallest absolute Gasteiger partial charge is 0.325 e. The second kappa shape index (κ2) is 8.08. The Morgan fingerprint density at radius 3 is 2.39 bits per heavy atom. The van der Waals surface area contributed by atoms with Crippen LogP contribution in [-0.4, -0.2) is 44.8 Å². The molecule has 152 valence electrons. The summed E-state index contributed by atoms with van der Waals surface area (Å²) in [6.45, 7) is 1.15. The Bertz CT molecular complexity index is 899. The number of piperidine rings is 1. The minimum atomic E-state index is -4.68. The molecule has 7 nitrogen and oxygen atoms in total. The quantitative estimate of drug-likeness (QED) is 0.759. The summed E-state index contributed by atoms with van der Waals surface area (Å²) >= 11 is 3.32. The molecule has 1 N–H and O–H groups in total. The Balaban J connectivity index is 1.57. The van der Waals surface area contributed by atoms with Gasteiger partial charge in [-0.15, -0.1) is 5.10 Å². The molecule has 0 saturated carbocycles. The van der Waals surface area contributed by atoms with Gasteiger partial charge in [0.2, 0.25) is 11.7 Å². The van der Waals surface area contributed by atoms with Gasteiger partial charge in [-0.1, -0.05) is 15.9 Å². The first-order valence-corrected chi connectivity index (χ1v) is 9.45. The normalized spacial score (nSPS) is 16.3. The zero-order valence-electron chi connectivity index (χ0n) is 15.0. The number of rotatable bonds is 4. The van der Waals surface area contributed by atoms with E-state index in [4.69, 9.17) is 0 Å². The summed E-state index contributed by atoms with van der Waals surface area (Å²) in [6.07, 6.45) is -3.79. The molecule has 0 aliphatic carbocycles. The number of aromatic nitrogens is 3. The molecule has 1 amide bonds. The highest BCUT2D eigenvalue weighted by molar-refractivity contribution is 9.10. The summed E-state index contributed by atoms with van der Waals surface area (Å²) in [5, 5.41) is 6.29. The maximum absolute atomic E-state index is 12.9. The van der Waals surface area contributed by atoms with Crippen molar-refractivity contribution in [1.29, 1.82) is 0 Å². The lowest BCUT2D eigenvalue weighted by Gasteiger charge is -2.30. The van der Waals surface area contributed by atoms with Crippen molar-refractivity contribution in [3.8, 4) is 0 Å². The molecule has 3 rings (SSSR count).